The van der Waals surface area contributed by atoms with Crippen molar-refractivity contribution in [2.45, 2.75) is 6.92 Å². The van der Waals surface area contributed by atoms with E-state index < -0.39 is 4.92 Å². The summed E-state index contributed by atoms with van der Waals surface area (Å²) in [7, 11) is 0. The largest absolute Gasteiger partial charge is 0.289 e. The van der Waals surface area contributed by atoms with Crippen LogP contribution in [0.25, 0.3) is 11.1 Å². The molecule has 0 N–H and O–H groups in total. The predicted octanol–water partition coefficient (Wildman–Crippen LogP) is 3.11. The number of hydrogen-bond acceptors (Lipinski definition) is 3. The van der Waals surface area contributed by atoms with Crippen molar-refractivity contribution < 1.29 is 9.72 Å². The maximum atomic E-state index is 12.2. The average molecular weight is 239 g/mol. The number of fused-ring (bicyclic) bond motifs is 3. The van der Waals surface area contributed by atoms with E-state index >= 15 is 0 Å². The third-order valence-corrected chi connectivity index (χ3v) is 3.17. The summed E-state index contributed by atoms with van der Waals surface area (Å²) in [6.07, 6.45) is 0. The molecule has 0 aliphatic heterocycles. The van der Waals surface area contributed by atoms with Crippen molar-refractivity contribution in [2.24, 2.45) is 0 Å². The first kappa shape index (κ1) is 10.7. The number of carbonyl (C=O) groups is 1. The molecule has 1 aliphatic rings. The van der Waals surface area contributed by atoms with Crippen molar-refractivity contribution in [3.8, 4) is 11.1 Å². The fourth-order valence-corrected chi connectivity index (χ4v) is 2.29. The first-order valence-corrected chi connectivity index (χ1v) is 5.52. The van der Waals surface area contributed by atoms with Crippen LogP contribution in [0.3, 0.4) is 0 Å². The molecule has 2 aromatic carbocycles. The van der Waals surface area contributed by atoms with Crippen LogP contribution in [0.4, 0.5) is 5.69 Å². The molecule has 18 heavy (non-hydrogen) atoms. The SMILES string of the molecule is Cc1ccc2c(c1)C(=O)c1cc([N+](=O)[O-])ccc1-2. The maximum absolute atomic E-state index is 12.2. The van der Waals surface area contributed by atoms with E-state index in [-0.39, 0.29) is 11.5 Å². The van der Waals surface area contributed by atoms with Crippen LogP contribution in [0.1, 0.15) is 21.5 Å². The van der Waals surface area contributed by atoms with E-state index in [2.05, 4.69) is 0 Å². The minimum absolute atomic E-state index is 0.0494. The molecule has 2 aromatic rings. The molecular formula is C14H9NO3. The average Bonchev–Trinajstić information content (AvgIpc) is 2.62. The Hall–Kier alpha value is -2.49. The highest BCUT2D eigenvalue weighted by Crippen LogP contribution is 2.38. The van der Waals surface area contributed by atoms with Gasteiger partial charge >= 0.3 is 0 Å². The van der Waals surface area contributed by atoms with E-state index in [4.69, 9.17) is 0 Å². The summed E-state index contributed by atoms with van der Waals surface area (Å²) in [5, 5.41) is 10.7. The molecule has 0 amide bonds. The highest BCUT2D eigenvalue weighted by Gasteiger charge is 2.28. The minimum atomic E-state index is -0.484. The Balaban J connectivity index is 2.26. The molecule has 1 aliphatic carbocycles. The first-order valence-electron chi connectivity index (χ1n) is 5.52. The quantitative estimate of drug-likeness (QED) is 0.484. The van der Waals surface area contributed by atoms with E-state index in [9.17, 15) is 14.9 Å². The van der Waals surface area contributed by atoms with Crippen LogP contribution in [0, 0.1) is 17.0 Å². The molecule has 3 rings (SSSR count). The molecule has 0 saturated heterocycles. The van der Waals surface area contributed by atoms with Crippen LogP contribution in [0.2, 0.25) is 0 Å². The van der Waals surface area contributed by atoms with E-state index in [1.807, 2.05) is 25.1 Å². The van der Waals surface area contributed by atoms with Crippen LogP contribution >= 0.6 is 0 Å². The van der Waals surface area contributed by atoms with Crippen molar-refractivity contribution in [1.82, 2.24) is 0 Å². The second kappa shape index (κ2) is 3.50. The van der Waals surface area contributed by atoms with Gasteiger partial charge in [0.2, 0.25) is 0 Å². The number of non-ortho nitro benzene ring substituents is 1. The van der Waals surface area contributed by atoms with Gasteiger partial charge in [-0.2, -0.15) is 0 Å². The molecule has 0 fully saturated rings. The highest BCUT2D eigenvalue weighted by atomic mass is 16.6. The molecule has 0 heterocycles. The zero-order valence-corrected chi connectivity index (χ0v) is 9.64. The first-order chi connectivity index (χ1) is 8.58. The third kappa shape index (κ3) is 1.35. The van der Waals surface area contributed by atoms with Gasteiger partial charge < -0.3 is 0 Å². The maximum Gasteiger partial charge on any atom is 0.270 e. The summed E-state index contributed by atoms with van der Waals surface area (Å²) < 4.78 is 0. The summed E-state index contributed by atoms with van der Waals surface area (Å²) in [6, 6.07) is 10.1. The summed E-state index contributed by atoms with van der Waals surface area (Å²) >= 11 is 0. The van der Waals surface area contributed by atoms with Crippen LogP contribution in [-0.4, -0.2) is 10.7 Å². The molecule has 0 saturated carbocycles. The lowest BCUT2D eigenvalue weighted by Crippen LogP contribution is -1.97. The Morgan fingerprint density at radius 3 is 2.22 bits per heavy atom. The predicted molar refractivity (Wildman–Crippen MR) is 66.7 cm³/mol. The highest BCUT2D eigenvalue weighted by molar-refractivity contribution is 6.22. The van der Waals surface area contributed by atoms with Gasteiger partial charge in [-0.3, -0.25) is 14.9 Å². The number of carbonyl (C=O) groups excluding carboxylic acids is 1. The molecule has 0 unspecified atom stereocenters. The van der Waals surface area contributed by atoms with E-state index in [0.29, 0.717) is 11.1 Å². The van der Waals surface area contributed by atoms with E-state index in [1.54, 1.807) is 6.07 Å². The monoisotopic (exact) mass is 239 g/mol. The number of ketones is 1. The summed E-state index contributed by atoms with van der Waals surface area (Å²) in [5.74, 6) is -0.132. The van der Waals surface area contributed by atoms with Crippen molar-refractivity contribution in [3.05, 3.63) is 63.2 Å². The van der Waals surface area contributed by atoms with Gasteiger partial charge in [0.15, 0.2) is 5.78 Å². The molecule has 0 atom stereocenters. The minimum Gasteiger partial charge on any atom is -0.289 e. The van der Waals surface area contributed by atoms with Gasteiger partial charge in [-0.25, -0.2) is 0 Å². The van der Waals surface area contributed by atoms with Gasteiger partial charge in [-0.1, -0.05) is 17.7 Å². The van der Waals surface area contributed by atoms with E-state index in [1.165, 1.54) is 12.1 Å². The van der Waals surface area contributed by atoms with Crippen LogP contribution in [0.15, 0.2) is 36.4 Å². The number of nitro benzene ring substituents is 1. The Labute approximate surface area is 103 Å². The number of rotatable bonds is 1. The van der Waals surface area contributed by atoms with Crippen LogP contribution in [-0.2, 0) is 0 Å². The lowest BCUT2D eigenvalue weighted by Gasteiger charge is -1.99. The third-order valence-electron chi connectivity index (χ3n) is 3.17. The lowest BCUT2D eigenvalue weighted by atomic mass is 10.0. The molecule has 88 valence electrons. The van der Waals surface area contributed by atoms with Crippen molar-refractivity contribution in [3.63, 3.8) is 0 Å². The number of aryl methyl sites for hydroxylation is 1. The van der Waals surface area contributed by atoms with Gasteiger partial charge in [0.25, 0.3) is 5.69 Å². The van der Waals surface area contributed by atoms with Crippen LogP contribution < -0.4 is 0 Å². The molecule has 0 spiro atoms. The topological polar surface area (TPSA) is 60.2 Å². The van der Waals surface area contributed by atoms with Gasteiger partial charge in [-0.15, -0.1) is 0 Å². The van der Waals surface area contributed by atoms with Gasteiger partial charge in [0, 0.05) is 23.3 Å². The smallest absolute Gasteiger partial charge is 0.270 e. The number of nitrogens with zero attached hydrogens (tertiary/aromatic N) is 1. The van der Waals surface area contributed by atoms with Gasteiger partial charge in [-0.05, 0) is 30.2 Å². The van der Waals surface area contributed by atoms with Crippen molar-refractivity contribution >= 4 is 11.5 Å². The van der Waals surface area contributed by atoms with Crippen molar-refractivity contribution in [2.75, 3.05) is 0 Å². The van der Waals surface area contributed by atoms with E-state index in [0.717, 1.165) is 16.7 Å². The molecule has 0 radical (unpaired) electrons. The fourth-order valence-electron chi connectivity index (χ4n) is 2.29. The van der Waals surface area contributed by atoms with Crippen LogP contribution in [0.5, 0.6) is 0 Å². The molecule has 0 bridgehead atoms. The Morgan fingerprint density at radius 2 is 1.56 bits per heavy atom. The lowest BCUT2D eigenvalue weighted by molar-refractivity contribution is -0.384. The Bertz CT molecular complexity index is 704. The second-order valence-corrected chi connectivity index (χ2v) is 4.37. The summed E-state index contributed by atoms with van der Waals surface area (Å²) in [4.78, 5) is 22.4. The number of hydrogen-bond donors (Lipinski definition) is 0. The molecule has 0 aromatic heterocycles. The zero-order chi connectivity index (χ0) is 12.9. The number of nitro groups is 1. The summed E-state index contributed by atoms with van der Waals surface area (Å²) in [6.45, 7) is 1.92. The molecule has 4 heteroatoms. The normalized spacial score (nSPS) is 12.2. The Kier molecular flexibility index (Phi) is 2.07. The van der Waals surface area contributed by atoms with Gasteiger partial charge in [0.05, 0.1) is 4.92 Å². The van der Waals surface area contributed by atoms with Gasteiger partial charge in [0.1, 0.15) is 0 Å². The zero-order valence-electron chi connectivity index (χ0n) is 9.64. The number of benzene rings is 2. The fraction of sp³-hybridized carbons (Fsp3) is 0.0714. The standard InChI is InChI=1S/C14H9NO3/c1-8-2-4-10-11-5-3-9(15(17)18)7-13(11)14(16)12(10)6-8/h2-7H,1H3. The Morgan fingerprint density at radius 1 is 0.944 bits per heavy atom. The summed E-state index contributed by atoms with van der Waals surface area (Å²) in [5.41, 5.74) is 3.64. The second-order valence-electron chi connectivity index (χ2n) is 4.37. The molecule has 4 nitrogen and oxygen atoms in total. The van der Waals surface area contributed by atoms with Crippen molar-refractivity contribution in [1.29, 1.82) is 0 Å². The molecular weight excluding hydrogens is 230 g/mol.